The van der Waals surface area contributed by atoms with Gasteiger partial charge in [0.05, 0.1) is 11.5 Å². The Morgan fingerprint density at radius 2 is 1.62 bits per heavy atom. The smallest absolute Gasteiger partial charge is 0.338 e. The molecule has 29 heavy (non-hydrogen) atoms. The molecular weight excluding hydrogens is 364 g/mol. The van der Waals surface area contributed by atoms with Crippen molar-refractivity contribution < 1.29 is 14.3 Å². The van der Waals surface area contributed by atoms with Crippen LogP contribution in [0.5, 0.6) is 0 Å². The lowest BCUT2D eigenvalue weighted by molar-refractivity contribution is -0.117. The van der Waals surface area contributed by atoms with Crippen LogP contribution in [-0.2, 0) is 16.1 Å². The molecule has 0 saturated heterocycles. The van der Waals surface area contributed by atoms with Gasteiger partial charge in [0.2, 0.25) is 5.91 Å². The van der Waals surface area contributed by atoms with Gasteiger partial charge >= 0.3 is 5.97 Å². The number of hydrogen-bond donors (Lipinski definition) is 2. The highest BCUT2D eigenvalue weighted by atomic mass is 16.5. The van der Waals surface area contributed by atoms with Crippen LogP contribution >= 0.6 is 0 Å². The maximum Gasteiger partial charge on any atom is 0.338 e. The number of anilines is 1. The van der Waals surface area contributed by atoms with Gasteiger partial charge in [-0.3, -0.25) is 4.79 Å². The molecule has 5 nitrogen and oxygen atoms in total. The number of carbonyl (C=O) groups excluding carboxylic acids is 2. The lowest BCUT2D eigenvalue weighted by Gasteiger charge is -2.17. The Morgan fingerprint density at radius 3 is 2.28 bits per heavy atom. The van der Waals surface area contributed by atoms with E-state index in [9.17, 15) is 9.59 Å². The average Bonchev–Trinajstić information content (AvgIpc) is 2.75. The summed E-state index contributed by atoms with van der Waals surface area (Å²) in [4.78, 5) is 25.2. The standard InChI is InChI=1S/C24H24N2O3/c1-17-12-13-20(24(28)29-16-18-8-4-2-5-9-18)14-22(17)26-23(27)21(15-25)19-10-6-3-7-11-19/h2-14,21H,15-16,25H2,1H3,(H,26,27). The number of nitrogens with two attached hydrogens (primary N) is 1. The monoisotopic (exact) mass is 388 g/mol. The quantitative estimate of drug-likeness (QED) is 0.599. The fourth-order valence-electron chi connectivity index (χ4n) is 2.99. The molecular formula is C24H24N2O3. The molecule has 3 N–H and O–H groups in total. The summed E-state index contributed by atoms with van der Waals surface area (Å²) in [5, 5.41) is 2.90. The summed E-state index contributed by atoms with van der Waals surface area (Å²) in [6.07, 6.45) is 0. The van der Waals surface area contributed by atoms with Crippen LogP contribution in [0.15, 0.2) is 78.9 Å². The molecule has 0 aromatic heterocycles. The molecule has 0 heterocycles. The van der Waals surface area contributed by atoms with E-state index in [1.54, 1.807) is 18.2 Å². The Labute approximate surface area is 170 Å². The van der Waals surface area contributed by atoms with E-state index in [0.29, 0.717) is 11.3 Å². The molecule has 1 atom stereocenters. The van der Waals surface area contributed by atoms with E-state index in [1.807, 2.05) is 67.6 Å². The lowest BCUT2D eigenvalue weighted by atomic mass is 9.98. The summed E-state index contributed by atoms with van der Waals surface area (Å²) in [7, 11) is 0. The summed E-state index contributed by atoms with van der Waals surface area (Å²) >= 11 is 0. The number of nitrogens with one attached hydrogen (secondary N) is 1. The number of aryl methyl sites for hydroxylation is 1. The van der Waals surface area contributed by atoms with E-state index in [2.05, 4.69) is 5.32 Å². The molecule has 0 radical (unpaired) electrons. The zero-order chi connectivity index (χ0) is 20.6. The first-order chi connectivity index (χ1) is 14.1. The van der Waals surface area contributed by atoms with Gasteiger partial charge in [0, 0.05) is 12.2 Å². The second kappa shape index (κ2) is 9.66. The van der Waals surface area contributed by atoms with Gasteiger partial charge in [-0.05, 0) is 35.7 Å². The Kier molecular flexibility index (Phi) is 6.76. The van der Waals surface area contributed by atoms with E-state index in [-0.39, 0.29) is 19.1 Å². The van der Waals surface area contributed by atoms with Crippen LogP contribution in [0.1, 0.15) is 33.0 Å². The number of carbonyl (C=O) groups is 2. The van der Waals surface area contributed by atoms with Crippen molar-refractivity contribution in [3.8, 4) is 0 Å². The molecule has 0 saturated carbocycles. The minimum Gasteiger partial charge on any atom is -0.457 e. The Balaban J connectivity index is 1.71. The van der Waals surface area contributed by atoms with Gasteiger partial charge < -0.3 is 15.8 Å². The van der Waals surface area contributed by atoms with Gasteiger partial charge in [-0.1, -0.05) is 66.7 Å². The fraction of sp³-hybridized carbons (Fsp3) is 0.167. The van der Waals surface area contributed by atoms with Gasteiger partial charge in [-0.2, -0.15) is 0 Å². The highest BCUT2D eigenvalue weighted by Crippen LogP contribution is 2.22. The summed E-state index contributed by atoms with van der Waals surface area (Å²) in [5.41, 5.74) is 9.40. The van der Waals surface area contributed by atoms with Crippen molar-refractivity contribution in [1.29, 1.82) is 0 Å². The highest BCUT2D eigenvalue weighted by molar-refractivity contribution is 5.98. The number of benzene rings is 3. The SMILES string of the molecule is Cc1ccc(C(=O)OCc2ccccc2)cc1NC(=O)C(CN)c1ccccc1. The van der Waals surface area contributed by atoms with Crippen LogP contribution in [0.3, 0.4) is 0 Å². The zero-order valence-electron chi connectivity index (χ0n) is 16.3. The van der Waals surface area contributed by atoms with Gasteiger partial charge in [-0.25, -0.2) is 4.79 Å². The Bertz CT molecular complexity index is 972. The third kappa shape index (κ3) is 5.30. The molecule has 1 unspecified atom stereocenters. The summed E-state index contributed by atoms with van der Waals surface area (Å²) in [5.74, 6) is -1.12. The van der Waals surface area contributed by atoms with E-state index >= 15 is 0 Å². The summed E-state index contributed by atoms with van der Waals surface area (Å²) < 4.78 is 5.38. The average molecular weight is 388 g/mol. The first-order valence-electron chi connectivity index (χ1n) is 9.46. The molecule has 3 aromatic carbocycles. The second-order valence-electron chi connectivity index (χ2n) is 6.78. The molecule has 148 valence electrons. The maximum atomic E-state index is 12.8. The highest BCUT2D eigenvalue weighted by Gasteiger charge is 2.20. The van der Waals surface area contributed by atoms with Gasteiger partial charge in [0.25, 0.3) is 0 Å². The fourth-order valence-corrected chi connectivity index (χ4v) is 2.99. The van der Waals surface area contributed by atoms with Gasteiger partial charge in [-0.15, -0.1) is 0 Å². The molecule has 3 aromatic rings. The molecule has 5 heteroatoms. The topological polar surface area (TPSA) is 81.4 Å². The van der Waals surface area contributed by atoms with Crippen LogP contribution < -0.4 is 11.1 Å². The van der Waals surface area contributed by atoms with Crippen LogP contribution in [0.25, 0.3) is 0 Å². The van der Waals surface area contributed by atoms with Crippen molar-refractivity contribution in [1.82, 2.24) is 0 Å². The maximum absolute atomic E-state index is 12.8. The third-order valence-corrected chi connectivity index (χ3v) is 4.70. The first-order valence-corrected chi connectivity index (χ1v) is 9.46. The number of hydrogen-bond acceptors (Lipinski definition) is 4. The van der Waals surface area contributed by atoms with Crippen LogP contribution in [-0.4, -0.2) is 18.4 Å². The normalized spacial score (nSPS) is 11.5. The molecule has 0 fully saturated rings. The van der Waals surface area contributed by atoms with E-state index in [0.717, 1.165) is 16.7 Å². The van der Waals surface area contributed by atoms with Crippen LogP contribution in [0.2, 0.25) is 0 Å². The zero-order valence-corrected chi connectivity index (χ0v) is 16.3. The molecule has 0 bridgehead atoms. The van der Waals surface area contributed by atoms with E-state index in [1.165, 1.54) is 0 Å². The van der Waals surface area contributed by atoms with Crippen molar-refractivity contribution in [2.24, 2.45) is 5.73 Å². The van der Waals surface area contributed by atoms with Crippen molar-refractivity contribution in [2.75, 3.05) is 11.9 Å². The molecule has 0 aliphatic carbocycles. The molecule has 0 spiro atoms. The van der Waals surface area contributed by atoms with E-state index < -0.39 is 11.9 Å². The Hall–Kier alpha value is -3.44. The van der Waals surface area contributed by atoms with Crippen molar-refractivity contribution in [3.05, 3.63) is 101 Å². The van der Waals surface area contributed by atoms with Crippen molar-refractivity contribution in [2.45, 2.75) is 19.4 Å². The number of ether oxygens (including phenoxy) is 1. The first kappa shape index (κ1) is 20.3. The van der Waals surface area contributed by atoms with Crippen LogP contribution in [0, 0.1) is 6.92 Å². The second-order valence-corrected chi connectivity index (χ2v) is 6.78. The van der Waals surface area contributed by atoms with Crippen LogP contribution in [0.4, 0.5) is 5.69 Å². The minimum absolute atomic E-state index is 0.188. The number of amides is 1. The summed E-state index contributed by atoms with van der Waals surface area (Å²) in [6, 6.07) is 24.0. The molecule has 0 aliphatic rings. The van der Waals surface area contributed by atoms with Gasteiger partial charge in [0.15, 0.2) is 0 Å². The molecule has 0 aliphatic heterocycles. The number of esters is 1. The van der Waals surface area contributed by atoms with Crippen molar-refractivity contribution in [3.63, 3.8) is 0 Å². The molecule has 1 amide bonds. The predicted molar refractivity (Wildman–Crippen MR) is 114 cm³/mol. The number of rotatable bonds is 7. The minimum atomic E-state index is -0.468. The predicted octanol–water partition coefficient (Wildman–Crippen LogP) is 4.03. The third-order valence-electron chi connectivity index (χ3n) is 4.70. The molecule has 3 rings (SSSR count). The van der Waals surface area contributed by atoms with Gasteiger partial charge in [0.1, 0.15) is 6.61 Å². The largest absolute Gasteiger partial charge is 0.457 e. The lowest BCUT2D eigenvalue weighted by Crippen LogP contribution is -2.27. The Morgan fingerprint density at radius 1 is 0.966 bits per heavy atom. The van der Waals surface area contributed by atoms with E-state index in [4.69, 9.17) is 10.5 Å². The van der Waals surface area contributed by atoms with Crippen molar-refractivity contribution >= 4 is 17.6 Å². The summed E-state index contributed by atoms with van der Waals surface area (Å²) in [6.45, 7) is 2.25.